The fraction of sp³-hybridized carbons (Fsp3) is 0.125. The topological polar surface area (TPSA) is 25.0 Å². The van der Waals surface area contributed by atoms with Crippen molar-refractivity contribution in [2.24, 2.45) is 0 Å². The fourth-order valence-corrected chi connectivity index (χ4v) is 3.47. The second kappa shape index (κ2) is 7.09. The van der Waals surface area contributed by atoms with Crippen molar-refractivity contribution in [3.05, 3.63) is 103 Å². The van der Waals surface area contributed by atoms with Crippen LogP contribution in [0.4, 0.5) is 0 Å². The Morgan fingerprint density at radius 3 is 2.54 bits per heavy atom. The zero-order chi connectivity index (χ0) is 17.9. The molecule has 0 saturated carbocycles. The molecule has 2 heteroatoms. The maximum absolute atomic E-state index is 6.01. The molecule has 0 spiro atoms. The highest BCUT2D eigenvalue weighted by Gasteiger charge is 2.17. The third kappa shape index (κ3) is 3.23. The van der Waals surface area contributed by atoms with Crippen LogP contribution in [0.25, 0.3) is 10.9 Å². The Labute approximate surface area is 154 Å². The van der Waals surface area contributed by atoms with Gasteiger partial charge in [-0.05, 0) is 60.9 Å². The summed E-state index contributed by atoms with van der Waals surface area (Å²) in [6.45, 7) is 6.34. The lowest BCUT2D eigenvalue weighted by atomic mass is 9.88. The van der Waals surface area contributed by atoms with Crippen molar-refractivity contribution >= 4 is 10.9 Å². The molecule has 3 aromatic carbocycles. The number of fused-ring (bicyclic) bond motifs is 1. The molecule has 0 aliphatic carbocycles. The van der Waals surface area contributed by atoms with E-state index >= 15 is 0 Å². The molecule has 4 rings (SSSR count). The lowest BCUT2D eigenvalue weighted by Gasteiger charge is -2.16. The van der Waals surface area contributed by atoms with Crippen molar-refractivity contribution in [2.75, 3.05) is 0 Å². The highest BCUT2D eigenvalue weighted by atomic mass is 16.5. The minimum Gasteiger partial charge on any atom is -0.457 e. The average molecular weight is 340 g/mol. The van der Waals surface area contributed by atoms with Gasteiger partial charge < -0.3 is 9.72 Å². The van der Waals surface area contributed by atoms with Crippen molar-refractivity contribution in [3.8, 4) is 11.5 Å². The minimum absolute atomic E-state index is 0.227. The van der Waals surface area contributed by atoms with Gasteiger partial charge in [0, 0.05) is 23.0 Å². The summed E-state index contributed by atoms with van der Waals surface area (Å²) >= 11 is 0. The largest absolute Gasteiger partial charge is 0.457 e. The number of benzene rings is 3. The predicted molar refractivity (Wildman–Crippen MR) is 108 cm³/mol. The van der Waals surface area contributed by atoms with E-state index in [-0.39, 0.29) is 5.92 Å². The maximum atomic E-state index is 6.01. The first-order valence-electron chi connectivity index (χ1n) is 8.94. The van der Waals surface area contributed by atoms with Crippen LogP contribution < -0.4 is 4.74 Å². The SMILES string of the molecule is [CH2]CC(c1cccc(Oc2ccccc2)c1)c1c[nH]c2ccc(C)cc12. The summed E-state index contributed by atoms with van der Waals surface area (Å²) in [6, 6.07) is 24.7. The lowest BCUT2D eigenvalue weighted by molar-refractivity contribution is 0.481. The van der Waals surface area contributed by atoms with E-state index in [1.165, 1.54) is 27.6 Å². The van der Waals surface area contributed by atoms with E-state index < -0.39 is 0 Å². The van der Waals surface area contributed by atoms with E-state index in [4.69, 9.17) is 4.74 Å². The first kappa shape index (κ1) is 16.5. The van der Waals surface area contributed by atoms with Crippen LogP contribution in [-0.4, -0.2) is 4.98 Å². The van der Waals surface area contributed by atoms with Crippen LogP contribution in [0.3, 0.4) is 0 Å². The monoisotopic (exact) mass is 340 g/mol. The van der Waals surface area contributed by atoms with Gasteiger partial charge >= 0.3 is 0 Å². The second-order valence-corrected chi connectivity index (χ2v) is 6.62. The second-order valence-electron chi connectivity index (χ2n) is 6.62. The zero-order valence-electron chi connectivity index (χ0n) is 14.9. The van der Waals surface area contributed by atoms with Crippen molar-refractivity contribution < 1.29 is 4.74 Å². The molecule has 0 aliphatic heterocycles. The summed E-state index contributed by atoms with van der Waals surface area (Å²) in [6.07, 6.45) is 2.90. The van der Waals surface area contributed by atoms with Crippen LogP contribution in [0.15, 0.2) is 79.0 Å². The number of hydrogen-bond acceptors (Lipinski definition) is 1. The molecular weight excluding hydrogens is 318 g/mol. The molecule has 1 N–H and O–H groups in total. The molecule has 129 valence electrons. The van der Waals surface area contributed by atoms with Gasteiger partial charge in [-0.25, -0.2) is 0 Å². The van der Waals surface area contributed by atoms with Crippen LogP contribution in [0.1, 0.15) is 29.0 Å². The molecule has 4 aromatic rings. The van der Waals surface area contributed by atoms with E-state index in [0.29, 0.717) is 0 Å². The molecule has 0 bridgehead atoms. The Balaban J connectivity index is 1.70. The van der Waals surface area contributed by atoms with Gasteiger partial charge in [0.05, 0.1) is 0 Å². The Morgan fingerprint density at radius 2 is 1.73 bits per heavy atom. The Hall–Kier alpha value is -3.00. The zero-order valence-corrected chi connectivity index (χ0v) is 14.9. The van der Waals surface area contributed by atoms with Gasteiger partial charge in [0.15, 0.2) is 0 Å². The standard InChI is InChI=1S/C24H22NO/c1-3-21(23-16-25-24-13-12-17(2)14-22(23)24)18-8-7-11-20(15-18)26-19-9-5-4-6-10-19/h4-16,21,25H,1,3H2,2H3. The normalized spacial score (nSPS) is 12.2. The first-order valence-corrected chi connectivity index (χ1v) is 8.94. The number of nitrogens with one attached hydrogen (secondary N) is 1. The Bertz CT molecular complexity index is 1020. The molecule has 1 heterocycles. The summed E-state index contributed by atoms with van der Waals surface area (Å²) in [4.78, 5) is 3.40. The van der Waals surface area contributed by atoms with Crippen molar-refractivity contribution in [1.82, 2.24) is 4.98 Å². The molecule has 0 amide bonds. The molecule has 26 heavy (non-hydrogen) atoms. The minimum atomic E-state index is 0.227. The molecule has 1 radical (unpaired) electrons. The van der Waals surface area contributed by atoms with Gasteiger partial charge in [-0.1, -0.05) is 48.9 Å². The number of hydrogen-bond donors (Lipinski definition) is 1. The maximum Gasteiger partial charge on any atom is 0.127 e. The van der Waals surface area contributed by atoms with E-state index in [9.17, 15) is 0 Å². The van der Waals surface area contributed by atoms with Gasteiger partial charge in [-0.15, -0.1) is 0 Å². The van der Waals surface area contributed by atoms with Crippen molar-refractivity contribution in [2.45, 2.75) is 19.3 Å². The highest BCUT2D eigenvalue weighted by molar-refractivity contribution is 5.85. The summed E-state index contributed by atoms with van der Waals surface area (Å²) in [7, 11) is 0. The molecule has 2 nitrogen and oxygen atoms in total. The third-order valence-corrected chi connectivity index (χ3v) is 4.77. The van der Waals surface area contributed by atoms with E-state index in [2.05, 4.69) is 61.4 Å². The quantitative estimate of drug-likeness (QED) is 0.433. The van der Waals surface area contributed by atoms with Gasteiger partial charge in [0.25, 0.3) is 0 Å². The van der Waals surface area contributed by atoms with E-state index in [1.54, 1.807) is 0 Å². The van der Waals surface area contributed by atoms with Gasteiger partial charge in [0.2, 0.25) is 0 Å². The van der Waals surface area contributed by atoms with Gasteiger partial charge in [-0.2, -0.15) is 0 Å². The number of aryl methyl sites for hydroxylation is 1. The van der Waals surface area contributed by atoms with Crippen LogP contribution in [0.5, 0.6) is 11.5 Å². The smallest absolute Gasteiger partial charge is 0.127 e. The van der Waals surface area contributed by atoms with Gasteiger partial charge in [-0.3, -0.25) is 0 Å². The molecule has 0 aliphatic rings. The average Bonchev–Trinajstić information content (AvgIpc) is 3.07. The number of ether oxygens (including phenoxy) is 1. The number of H-pyrrole nitrogens is 1. The molecule has 0 saturated heterocycles. The van der Waals surface area contributed by atoms with Crippen LogP contribution in [-0.2, 0) is 0 Å². The molecular formula is C24H22NO. The number of rotatable bonds is 5. The van der Waals surface area contributed by atoms with Crippen LogP contribution in [0, 0.1) is 13.8 Å². The predicted octanol–water partition coefficient (Wildman–Crippen LogP) is 6.62. The molecule has 1 atom stereocenters. The van der Waals surface area contributed by atoms with Crippen LogP contribution in [0.2, 0.25) is 0 Å². The molecule has 1 unspecified atom stereocenters. The highest BCUT2D eigenvalue weighted by Crippen LogP contribution is 2.35. The van der Waals surface area contributed by atoms with Gasteiger partial charge in [0.1, 0.15) is 11.5 Å². The van der Waals surface area contributed by atoms with Crippen LogP contribution >= 0.6 is 0 Å². The fourth-order valence-electron chi connectivity index (χ4n) is 3.47. The number of aromatic nitrogens is 1. The Kier molecular flexibility index (Phi) is 4.49. The number of para-hydroxylation sites is 1. The number of aromatic amines is 1. The van der Waals surface area contributed by atoms with Crippen molar-refractivity contribution in [3.63, 3.8) is 0 Å². The van der Waals surface area contributed by atoms with E-state index in [0.717, 1.165) is 17.9 Å². The molecule has 0 fully saturated rings. The summed E-state index contributed by atoms with van der Waals surface area (Å²) in [5.41, 5.74) is 4.94. The van der Waals surface area contributed by atoms with E-state index in [1.807, 2.05) is 36.4 Å². The Morgan fingerprint density at radius 1 is 0.923 bits per heavy atom. The molecule has 1 aromatic heterocycles. The summed E-state index contributed by atoms with van der Waals surface area (Å²) in [5.74, 6) is 1.92. The summed E-state index contributed by atoms with van der Waals surface area (Å²) < 4.78 is 6.01. The summed E-state index contributed by atoms with van der Waals surface area (Å²) in [5, 5.41) is 1.27. The lowest BCUT2D eigenvalue weighted by Crippen LogP contribution is -1.99. The van der Waals surface area contributed by atoms with Crippen molar-refractivity contribution in [1.29, 1.82) is 0 Å². The third-order valence-electron chi connectivity index (χ3n) is 4.77. The first-order chi connectivity index (χ1) is 12.7.